The molecule has 36 heavy (non-hydrogen) atoms. The number of amides is 1. The second-order valence-corrected chi connectivity index (χ2v) is 10.0. The third kappa shape index (κ3) is 4.67. The van der Waals surface area contributed by atoms with Crippen LogP contribution in [0.5, 0.6) is 6.01 Å². The molecule has 2 N–H and O–H groups in total. The number of halogens is 2. The van der Waals surface area contributed by atoms with E-state index in [2.05, 4.69) is 15.0 Å². The van der Waals surface area contributed by atoms with Crippen LogP contribution in [0.4, 0.5) is 4.39 Å². The van der Waals surface area contributed by atoms with Gasteiger partial charge >= 0.3 is 5.97 Å². The van der Waals surface area contributed by atoms with Gasteiger partial charge in [0.2, 0.25) is 5.91 Å². The van der Waals surface area contributed by atoms with Crippen LogP contribution in [-0.4, -0.2) is 57.0 Å². The van der Waals surface area contributed by atoms with Gasteiger partial charge in [0, 0.05) is 25.6 Å². The zero-order valence-corrected chi connectivity index (χ0v) is 20.7. The van der Waals surface area contributed by atoms with Crippen LogP contribution in [0.3, 0.4) is 0 Å². The Labute approximate surface area is 212 Å². The van der Waals surface area contributed by atoms with Gasteiger partial charge in [-0.2, -0.15) is 4.98 Å². The minimum atomic E-state index is -0.800. The Kier molecular flexibility index (Phi) is 6.42. The number of carbonyl (C=O) groups excluding carboxylic acids is 1. The first-order chi connectivity index (χ1) is 17.2. The first-order valence-electron chi connectivity index (χ1n) is 11.9. The van der Waals surface area contributed by atoms with Crippen LogP contribution in [0.2, 0.25) is 5.02 Å². The van der Waals surface area contributed by atoms with Crippen molar-refractivity contribution in [3.05, 3.63) is 46.7 Å². The molecule has 0 aliphatic heterocycles. The number of carboxylic acid groups (broad SMARTS) is 1. The maximum absolute atomic E-state index is 15.2. The molecular formula is C26H26ClFN4O4. The first-order valence-corrected chi connectivity index (χ1v) is 12.2. The highest BCUT2D eigenvalue weighted by molar-refractivity contribution is 6.33. The molecule has 8 nitrogen and oxygen atoms in total. The number of aromatic nitrogens is 3. The Morgan fingerprint density at radius 2 is 1.97 bits per heavy atom. The van der Waals surface area contributed by atoms with Crippen molar-refractivity contribution in [2.24, 2.45) is 11.8 Å². The van der Waals surface area contributed by atoms with Gasteiger partial charge in [0.1, 0.15) is 11.9 Å². The summed E-state index contributed by atoms with van der Waals surface area (Å²) in [5.74, 6) is -1.61. The number of pyridine rings is 1. The number of fused-ring (bicyclic) bond motifs is 1. The third-order valence-electron chi connectivity index (χ3n) is 6.92. The number of imidazole rings is 1. The van der Waals surface area contributed by atoms with Gasteiger partial charge < -0.3 is 19.7 Å². The van der Waals surface area contributed by atoms with Crippen molar-refractivity contribution in [3.8, 4) is 17.3 Å². The number of nitrogens with one attached hydrogen (secondary N) is 1. The Morgan fingerprint density at radius 1 is 1.19 bits per heavy atom. The molecule has 1 amide bonds. The zero-order valence-electron chi connectivity index (χ0n) is 19.9. The summed E-state index contributed by atoms with van der Waals surface area (Å²) in [7, 11) is 3.48. The molecule has 0 saturated heterocycles. The van der Waals surface area contributed by atoms with Crippen LogP contribution in [0.25, 0.3) is 28.0 Å². The molecule has 0 bridgehead atoms. The van der Waals surface area contributed by atoms with Crippen molar-refractivity contribution < 1.29 is 23.8 Å². The van der Waals surface area contributed by atoms with E-state index in [4.69, 9.17) is 16.3 Å². The van der Waals surface area contributed by atoms with Gasteiger partial charge in [0.05, 0.1) is 22.2 Å². The Balaban J connectivity index is 1.33. The zero-order chi connectivity index (χ0) is 25.6. The van der Waals surface area contributed by atoms with Gasteiger partial charge in [-0.3, -0.25) is 9.59 Å². The van der Waals surface area contributed by atoms with Gasteiger partial charge in [0.15, 0.2) is 5.65 Å². The molecule has 2 heterocycles. The minimum absolute atomic E-state index is 0.0394. The van der Waals surface area contributed by atoms with Crippen molar-refractivity contribution in [2.75, 3.05) is 14.1 Å². The van der Waals surface area contributed by atoms with E-state index in [-0.39, 0.29) is 46.1 Å². The molecule has 2 aliphatic carbocycles. The molecule has 0 spiro atoms. The number of nitrogens with zero attached hydrogens (tertiary/aromatic N) is 3. The Bertz CT molecular complexity index is 1380. The number of hydrogen-bond donors (Lipinski definition) is 2. The summed E-state index contributed by atoms with van der Waals surface area (Å²) in [6.45, 7) is 0. The average molecular weight is 513 g/mol. The average Bonchev–Trinajstić information content (AvgIpc) is 3.21. The second kappa shape index (κ2) is 9.54. The maximum atomic E-state index is 15.2. The normalized spacial score (nSPS) is 21.6. The van der Waals surface area contributed by atoms with Crippen molar-refractivity contribution >= 4 is 40.2 Å². The van der Waals surface area contributed by atoms with Gasteiger partial charge in [-0.1, -0.05) is 23.7 Å². The van der Waals surface area contributed by atoms with Crippen LogP contribution in [0.15, 0.2) is 30.3 Å². The lowest BCUT2D eigenvalue weighted by Gasteiger charge is -2.34. The summed E-state index contributed by atoms with van der Waals surface area (Å²) in [4.78, 5) is 36.7. The summed E-state index contributed by atoms with van der Waals surface area (Å²) >= 11 is 6.45. The van der Waals surface area contributed by atoms with Gasteiger partial charge in [0.25, 0.3) is 6.01 Å². The number of carboxylic acids is 1. The predicted octanol–water partition coefficient (Wildman–Crippen LogP) is 4.93. The van der Waals surface area contributed by atoms with E-state index in [0.29, 0.717) is 43.3 Å². The standard InChI is InChI=1S/C26H26ClFN4O4/c1-32(2)24(33)16-9-17(10-16)36-26-29-21-12-19(27)22(30-23(21)31-26)18-8-7-15(11-20(18)28)13-3-5-14(6-4-13)25(34)35/h3,7-8,11-12,14,16-17H,4-6,9-10H2,1-2H3,(H,34,35)(H,29,30,31)/t14?,16-,17+. The number of aliphatic carboxylic acids is 1. The lowest BCUT2D eigenvalue weighted by atomic mass is 9.81. The van der Waals surface area contributed by atoms with E-state index in [1.807, 2.05) is 6.08 Å². The van der Waals surface area contributed by atoms with Crippen LogP contribution in [-0.2, 0) is 9.59 Å². The van der Waals surface area contributed by atoms with Crippen LogP contribution in [0.1, 0.15) is 37.7 Å². The summed E-state index contributed by atoms with van der Waals surface area (Å²) in [5, 5.41) is 9.44. The molecule has 1 fully saturated rings. The molecule has 3 aromatic rings. The van der Waals surface area contributed by atoms with Crippen molar-refractivity contribution in [1.29, 1.82) is 0 Å². The minimum Gasteiger partial charge on any atom is -0.481 e. The highest BCUT2D eigenvalue weighted by Crippen LogP contribution is 2.36. The maximum Gasteiger partial charge on any atom is 0.306 e. The number of H-pyrrole nitrogens is 1. The van der Waals surface area contributed by atoms with Crippen LogP contribution < -0.4 is 4.74 Å². The van der Waals surface area contributed by atoms with Crippen molar-refractivity contribution in [2.45, 2.75) is 38.2 Å². The molecule has 5 rings (SSSR count). The monoisotopic (exact) mass is 512 g/mol. The molecule has 1 unspecified atom stereocenters. The second-order valence-electron chi connectivity index (χ2n) is 9.61. The van der Waals surface area contributed by atoms with Crippen LogP contribution in [0, 0.1) is 17.7 Å². The fourth-order valence-corrected chi connectivity index (χ4v) is 5.01. The summed E-state index contributed by atoms with van der Waals surface area (Å²) in [5.41, 5.74) is 3.10. The topological polar surface area (TPSA) is 108 Å². The molecule has 2 aliphatic rings. The smallest absolute Gasteiger partial charge is 0.306 e. The van der Waals surface area contributed by atoms with Crippen molar-refractivity contribution in [1.82, 2.24) is 19.9 Å². The number of allylic oxidation sites excluding steroid dienone is 2. The number of benzene rings is 1. The molecular weight excluding hydrogens is 487 g/mol. The molecule has 1 aromatic carbocycles. The fourth-order valence-electron chi connectivity index (χ4n) is 4.75. The summed E-state index contributed by atoms with van der Waals surface area (Å²) in [6, 6.07) is 6.79. The molecule has 10 heteroatoms. The Hall–Kier alpha value is -3.46. The lowest BCUT2D eigenvalue weighted by molar-refractivity contribution is -0.142. The molecule has 2 aromatic heterocycles. The van der Waals surface area contributed by atoms with Gasteiger partial charge in [-0.15, -0.1) is 0 Å². The van der Waals surface area contributed by atoms with E-state index >= 15 is 4.39 Å². The largest absolute Gasteiger partial charge is 0.481 e. The highest BCUT2D eigenvalue weighted by Gasteiger charge is 2.37. The van der Waals surface area contributed by atoms with Gasteiger partial charge in [-0.25, -0.2) is 9.37 Å². The quantitative estimate of drug-likeness (QED) is 0.484. The molecule has 1 saturated carbocycles. The summed E-state index contributed by atoms with van der Waals surface area (Å²) < 4.78 is 21.0. The predicted molar refractivity (Wildman–Crippen MR) is 133 cm³/mol. The number of carbonyl (C=O) groups is 2. The number of aromatic amines is 1. The third-order valence-corrected chi connectivity index (χ3v) is 7.21. The summed E-state index contributed by atoms with van der Waals surface area (Å²) in [6.07, 6.45) is 4.57. The van der Waals surface area contributed by atoms with E-state index in [1.54, 1.807) is 37.2 Å². The lowest BCUT2D eigenvalue weighted by Crippen LogP contribution is -2.43. The number of rotatable bonds is 6. The Morgan fingerprint density at radius 3 is 2.61 bits per heavy atom. The molecule has 188 valence electrons. The SMILES string of the molecule is CN(C)C(=O)[C@H]1C[C@@H](Oc2nc3nc(-c4ccc(C5=CCC(C(=O)O)CC5)cc4F)c(Cl)cc3[nH]2)C1. The fraction of sp³-hybridized carbons (Fsp3) is 0.385. The van der Waals surface area contributed by atoms with Gasteiger partial charge in [-0.05, 0) is 61.4 Å². The van der Waals surface area contributed by atoms with E-state index in [0.717, 1.165) is 11.1 Å². The van der Waals surface area contributed by atoms with E-state index in [1.165, 1.54) is 6.07 Å². The van der Waals surface area contributed by atoms with Crippen LogP contribution >= 0.6 is 11.6 Å². The van der Waals surface area contributed by atoms with Crippen molar-refractivity contribution in [3.63, 3.8) is 0 Å². The van der Waals surface area contributed by atoms with E-state index < -0.39 is 11.8 Å². The van der Waals surface area contributed by atoms with E-state index in [9.17, 15) is 14.7 Å². The molecule has 0 radical (unpaired) electrons. The number of hydrogen-bond acceptors (Lipinski definition) is 5. The first kappa shape index (κ1) is 24.2. The molecule has 1 atom stereocenters. The highest BCUT2D eigenvalue weighted by atomic mass is 35.5. The number of ether oxygens (including phenoxy) is 1.